The number of rotatable bonds is 4. The van der Waals surface area contributed by atoms with Crippen LogP contribution in [0.3, 0.4) is 0 Å². The molecule has 5 heteroatoms. The first-order valence-corrected chi connectivity index (χ1v) is 6.16. The molecular weight excluding hydrogens is 240 g/mol. The Bertz CT molecular complexity index is 595. The number of fused-ring (bicyclic) bond motifs is 1. The average Bonchev–Trinajstić information content (AvgIpc) is 2.38. The standard InChI is InChI=1S/C14H18N4O/c1-18(2)14(19)6-8-16-12-5-7-17-13-9-10(15)3-4-11(12)13/h3-5,7,9H,6,8,15H2,1-2H3,(H,16,17). The van der Waals surface area contributed by atoms with E-state index in [1.54, 1.807) is 25.2 Å². The van der Waals surface area contributed by atoms with Gasteiger partial charge in [-0.3, -0.25) is 9.78 Å². The fraction of sp³-hybridized carbons (Fsp3) is 0.286. The maximum Gasteiger partial charge on any atom is 0.223 e. The van der Waals surface area contributed by atoms with Gasteiger partial charge in [-0.25, -0.2) is 0 Å². The van der Waals surface area contributed by atoms with Crippen molar-refractivity contribution in [2.24, 2.45) is 0 Å². The van der Waals surface area contributed by atoms with Crippen LogP contribution in [0.2, 0.25) is 0 Å². The van der Waals surface area contributed by atoms with Crippen molar-refractivity contribution in [2.45, 2.75) is 6.42 Å². The summed E-state index contributed by atoms with van der Waals surface area (Å²) in [5.41, 5.74) is 8.25. The van der Waals surface area contributed by atoms with Crippen LogP contribution in [0, 0.1) is 0 Å². The van der Waals surface area contributed by atoms with Crippen molar-refractivity contribution in [1.82, 2.24) is 9.88 Å². The second-order valence-corrected chi connectivity index (χ2v) is 4.60. The largest absolute Gasteiger partial charge is 0.399 e. The molecule has 0 aliphatic rings. The number of carbonyl (C=O) groups excluding carboxylic acids is 1. The molecule has 0 fully saturated rings. The SMILES string of the molecule is CN(C)C(=O)CCNc1ccnc2cc(N)ccc12. The molecule has 5 nitrogen and oxygen atoms in total. The maximum atomic E-state index is 11.5. The van der Waals surface area contributed by atoms with Crippen molar-refractivity contribution < 1.29 is 4.79 Å². The molecule has 0 aliphatic heterocycles. The number of nitrogens with zero attached hydrogens (tertiary/aromatic N) is 2. The minimum Gasteiger partial charge on any atom is -0.399 e. The van der Waals surface area contributed by atoms with E-state index in [0.717, 1.165) is 16.6 Å². The van der Waals surface area contributed by atoms with Crippen LogP contribution in [0.5, 0.6) is 0 Å². The molecule has 1 aromatic heterocycles. The third kappa shape index (κ3) is 3.13. The summed E-state index contributed by atoms with van der Waals surface area (Å²) in [5, 5.41) is 4.27. The second kappa shape index (κ2) is 5.56. The Hall–Kier alpha value is -2.30. The van der Waals surface area contributed by atoms with Crippen molar-refractivity contribution in [1.29, 1.82) is 0 Å². The number of hydrogen-bond acceptors (Lipinski definition) is 4. The summed E-state index contributed by atoms with van der Waals surface area (Å²) in [4.78, 5) is 17.4. The number of benzene rings is 1. The lowest BCUT2D eigenvalue weighted by molar-refractivity contribution is -0.128. The molecule has 0 radical (unpaired) electrons. The topological polar surface area (TPSA) is 71.2 Å². The van der Waals surface area contributed by atoms with Crippen molar-refractivity contribution in [3.05, 3.63) is 30.5 Å². The van der Waals surface area contributed by atoms with Crippen LogP contribution in [0.1, 0.15) is 6.42 Å². The van der Waals surface area contributed by atoms with Gasteiger partial charge in [0, 0.05) is 50.0 Å². The van der Waals surface area contributed by atoms with E-state index in [9.17, 15) is 4.79 Å². The van der Waals surface area contributed by atoms with Crippen LogP contribution < -0.4 is 11.1 Å². The summed E-state index contributed by atoms with van der Waals surface area (Å²) in [6.45, 7) is 0.598. The molecule has 0 spiro atoms. The zero-order chi connectivity index (χ0) is 13.8. The molecule has 1 amide bonds. The van der Waals surface area contributed by atoms with Crippen LogP contribution in [0.15, 0.2) is 30.5 Å². The van der Waals surface area contributed by atoms with Gasteiger partial charge in [-0.2, -0.15) is 0 Å². The van der Waals surface area contributed by atoms with Gasteiger partial charge in [-0.05, 0) is 24.3 Å². The summed E-state index contributed by atoms with van der Waals surface area (Å²) >= 11 is 0. The van der Waals surface area contributed by atoms with Crippen molar-refractivity contribution in [3.63, 3.8) is 0 Å². The Morgan fingerprint density at radius 1 is 1.37 bits per heavy atom. The molecule has 0 bridgehead atoms. The van der Waals surface area contributed by atoms with Gasteiger partial charge in [-0.15, -0.1) is 0 Å². The zero-order valence-electron chi connectivity index (χ0n) is 11.2. The fourth-order valence-corrected chi connectivity index (χ4v) is 1.85. The maximum absolute atomic E-state index is 11.5. The number of aromatic nitrogens is 1. The zero-order valence-corrected chi connectivity index (χ0v) is 11.2. The predicted octanol–water partition coefficient (Wildman–Crippen LogP) is 1.71. The number of nitrogen functional groups attached to an aromatic ring is 1. The van der Waals surface area contributed by atoms with Crippen LogP contribution in [0.25, 0.3) is 10.9 Å². The average molecular weight is 258 g/mol. The van der Waals surface area contributed by atoms with E-state index < -0.39 is 0 Å². The smallest absolute Gasteiger partial charge is 0.223 e. The number of nitrogens with two attached hydrogens (primary N) is 1. The summed E-state index contributed by atoms with van der Waals surface area (Å²) in [7, 11) is 3.51. The van der Waals surface area contributed by atoms with Gasteiger partial charge >= 0.3 is 0 Å². The quantitative estimate of drug-likeness (QED) is 0.819. The summed E-state index contributed by atoms with van der Waals surface area (Å²) in [6.07, 6.45) is 2.20. The highest BCUT2D eigenvalue weighted by atomic mass is 16.2. The normalized spacial score (nSPS) is 10.4. The number of anilines is 2. The third-order valence-corrected chi connectivity index (χ3v) is 2.92. The van der Waals surface area contributed by atoms with E-state index in [1.807, 2.05) is 24.3 Å². The molecule has 0 saturated heterocycles. The van der Waals surface area contributed by atoms with Gasteiger partial charge < -0.3 is 16.0 Å². The number of pyridine rings is 1. The van der Waals surface area contributed by atoms with E-state index in [0.29, 0.717) is 18.7 Å². The van der Waals surface area contributed by atoms with Crippen molar-refractivity contribution in [2.75, 3.05) is 31.7 Å². The van der Waals surface area contributed by atoms with Crippen LogP contribution >= 0.6 is 0 Å². The lowest BCUT2D eigenvalue weighted by Gasteiger charge is -2.12. The molecule has 19 heavy (non-hydrogen) atoms. The molecule has 100 valence electrons. The minimum absolute atomic E-state index is 0.107. The highest BCUT2D eigenvalue weighted by molar-refractivity contribution is 5.92. The van der Waals surface area contributed by atoms with Crippen LogP contribution in [0.4, 0.5) is 11.4 Å². The molecule has 0 unspecified atom stereocenters. The lowest BCUT2D eigenvalue weighted by Crippen LogP contribution is -2.23. The van der Waals surface area contributed by atoms with Gasteiger partial charge in [0.25, 0.3) is 0 Å². The molecule has 0 aliphatic carbocycles. The highest BCUT2D eigenvalue weighted by Crippen LogP contribution is 2.23. The van der Waals surface area contributed by atoms with E-state index in [-0.39, 0.29) is 5.91 Å². The fourth-order valence-electron chi connectivity index (χ4n) is 1.85. The summed E-state index contributed by atoms with van der Waals surface area (Å²) < 4.78 is 0. The van der Waals surface area contributed by atoms with Gasteiger partial charge in [0.1, 0.15) is 0 Å². The number of carbonyl (C=O) groups is 1. The van der Waals surface area contributed by atoms with Crippen molar-refractivity contribution >= 4 is 28.2 Å². The van der Waals surface area contributed by atoms with Gasteiger partial charge in [0.2, 0.25) is 5.91 Å². The second-order valence-electron chi connectivity index (χ2n) is 4.60. The van der Waals surface area contributed by atoms with Gasteiger partial charge in [-0.1, -0.05) is 0 Å². The third-order valence-electron chi connectivity index (χ3n) is 2.92. The minimum atomic E-state index is 0.107. The Labute approximate surface area is 112 Å². The molecular formula is C14H18N4O. The Balaban J connectivity index is 2.11. The van der Waals surface area contributed by atoms with E-state index in [1.165, 1.54) is 0 Å². The first-order chi connectivity index (χ1) is 9.08. The van der Waals surface area contributed by atoms with E-state index in [4.69, 9.17) is 5.73 Å². The highest BCUT2D eigenvalue weighted by Gasteiger charge is 2.05. The Kier molecular flexibility index (Phi) is 3.85. The summed E-state index contributed by atoms with van der Waals surface area (Å²) in [5.74, 6) is 0.107. The number of hydrogen-bond donors (Lipinski definition) is 2. The van der Waals surface area contributed by atoms with E-state index >= 15 is 0 Å². The van der Waals surface area contributed by atoms with Crippen molar-refractivity contribution in [3.8, 4) is 0 Å². The Morgan fingerprint density at radius 3 is 2.89 bits per heavy atom. The first-order valence-electron chi connectivity index (χ1n) is 6.16. The number of amides is 1. The predicted molar refractivity (Wildman–Crippen MR) is 78.0 cm³/mol. The lowest BCUT2D eigenvalue weighted by atomic mass is 10.1. The molecule has 1 aromatic carbocycles. The molecule has 3 N–H and O–H groups in total. The van der Waals surface area contributed by atoms with Gasteiger partial charge in [0.05, 0.1) is 5.52 Å². The first kappa shape index (κ1) is 13.1. The van der Waals surface area contributed by atoms with Crippen LogP contribution in [-0.4, -0.2) is 36.4 Å². The van der Waals surface area contributed by atoms with Gasteiger partial charge in [0.15, 0.2) is 0 Å². The monoisotopic (exact) mass is 258 g/mol. The summed E-state index contributed by atoms with van der Waals surface area (Å²) in [6, 6.07) is 7.53. The molecule has 0 atom stereocenters. The van der Waals surface area contributed by atoms with E-state index in [2.05, 4.69) is 10.3 Å². The molecule has 0 saturated carbocycles. The molecule has 1 heterocycles. The molecule has 2 rings (SSSR count). The molecule has 2 aromatic rings. The van der Waals surface area contributed by atoms with Crippen LogP contribution in [-0.2, 0) is 4.79 Å². The Morgan fingerprint density at radius 2 is 2.16 bits per heavy atom. The number of nitrogens with one attached hydrogen (secondary N) is 1.